The largest absolute Gasteiger partial charge is 0.463 e. The van der Waals surface area contributed by atoms with Crippen molar-refractivity contribution >= 4 is 28.6 Å². The summed E-state index contributed by atoms with van der Waals surface area (Å²) in [5, 5.41) is 0. The van der Waals surface area contributed by atoms with E-state index in [4.69, 9.17) is 4.74 Å². The number of carbonyl (C=O) groups excluding carboxylic acids is 1. The van der Waals surface area contributed by atoms with Crippen molar-refractivity contribution in [2.45, 2.75) is 32.8 Å². The van der Waals surface area contributed by atoms with Crippen LogP contribution in [-0.4, -0.2) is 16.5 Å². The molecule has 0 fully saturated rings. The highest BCUT2D eigenvalue weighted by Gasteiger charge is 2.05. The SMILES string of the molecule is CCC(C)OC(=O)CCI. The third kappa shape index (κ3) is 5.02. The molecule has 0 N–H and O–H groups in total. The minimum absolute atomic E-state index is 0.0791. The molecule has 0 aliphatic heterocycles. The number of halogens is 1. The normalized spacial score (nSPS) is 12.7. The van der Waals surface area contributed by atoms with Crippen LogP contribution in [0.3, 0.4) is 0 Å². The van der Waals surface area contributed by atoms with Crippen LogP contribution in [0.1, 0.15) is 26.7 Å². The predicted molar refractivity (Wildman–Crippen MR) is 49.3 cm³/mol. The van der Waals surface area contributed by atoms with Gasteiger partial charge in [-0.15, -0.1) is 0 Å². The molecule has 60 valence electrons. The zero-order valence-corrected chi connectivity index (χ0v) is 8.55. The number of carbonyl (C=O) groups is 1. The van der Waals surface area contributed by atoms with Gasteiger partial charge in [0.25, 0.3) is 0 Å². The summed E-state index contributed by atoms with van der Waals surface area (Å²) in [6.45, 7) is 3.91. The van der Waals surface area contributed by atoms with E-state index in [0.29, 0.717) is 6.42 Å². The van der Waals surface area contributed by atoms with Gasteiger partial charge in [0.15, 0.2) is 0 Å². The van der Waals surface area contributed by atoms with E-state index in [-0.39, 0.29) is 12.1 Å². The standard InChI is InChI=1S/C7H13IO2/c1-3-6(2)10-7(9)4-5-8/h6H,3-5H2,1-2H3. The zero-order chi connectivity index (χ0) is 7.98. The highest BCUT2D eigenvalue weighted by atomic mass is 127. The van der Waals surface area contributed by atoms with Crippen LogP contribution in [0.4, 0.5) is 0 Å². The molecule has 0 amide bonds. The van der Waals surface area contributed by atoms with E-state index < -0.39 is 0 Å². The second-order valence-electron chi connectivity index (χ2n) is 2.15. The van der Waals surface area contributed by atoms with E-state index in [1.807, 2.05) is 13.8 Å². The molecule has 0 bridgehead atoms. The molecule has 1 atom stereocenters. The lowest BCUT2D eigenvalue weighted by Gasteiger charge is -2.09. The van der Waals surface area contributed by atoms with Crippen LogP contribution in [0.2, 0.25) is 0 Å². The zero-order valence-electron chi connectivity index (χ0n) is 6.39. The number of hydrogen-bond acceptors (Lipinski definition) is 2. The molecule has 0 saturated carbocycles. The maximum absolute atomic E-state index is 10.8. The van der Waals surface area contributed by atoms with E-state index >= 15 is 0 Å². The summed E-state index contributed by atoms with van der Waals surface area (Å²) in [6, 6.07) is 0. The fraction of sp³-hybridized carbons (Fsp3) is 0.857. The highest BCUT2D eigenvalue weighted by Crippen LogP contribution is 1.99. The quantitative estimate of drug-likeness (QED) is 0.437. The van der Waals surface area contributed by atoms with Crippen molar-refractivity contribution in [2.24, 2.45) is 0 Å². The Labute approximate surface area is 75.5 Å². The third-order valence-corrected chi connectivity index (χ3v) is 1.75. The maximum atomic E-state index is 10.8. The Balaban J connectivity index is 3.37. The van der Waals surface area contributed by atoms with Crippen molar-refractivity contribution in [3.63, 3.8) is 0 Å². The topological polar surface area (TPSA) is 26.3 Å². The molecule has 0 heterocycles. The lowest BCUT2D eigenvalue weighted by Crippen LogP contribution is -2.13. The van der Waals surface area contributed by atoms with E-state index in [1.165, 1.54) is 0 Å². The van der Waals surface area contributed by atoms with E-state index in [2.05, 4.69) is 22.6 Å². The Hall–Kier alpha value is 0.200. The van der Waals surface area contributed by atoms with Gasteiger partial charge in [0.2, 0.25) is 0 Å². The number of hydrogen-bond donors (Lipinski definition) is 0. The first kappa shape index (κ1) is 10.2. The number of alkyl halides is 1. The summed E-state index contributed by atoms with van der Waals surface area (Å²) in [7, 11) is 0. The van der Waals surface area contributed by atoms with Gasteiger partial charge in [0, 0.05) is 4.43 Å². The van der Waals surface area contributed by atoms with Gasteiger partial charge in [-0.2, -0.15) is 0 Å². The molecule has 1 unspecified atom stereocenters. The van der Waals surface area contributed by atoms with Crippen molar-refractivity contribution in [2.75, 3.05) is 4.43 Å². The molecule has 0 radical (unpaired) electrons. The van der Waals surface area contributed by atoms with Crippen LogP contribution in [-0.2, 0) is 9.53 Å². The van der Waals surface area contributed by atoms with Crippen LogP contribution < -0.4 is 0 Å². The summed E-state index contributed by atoms with van der Waals surface area (Å²) in [5.41, 5.74) is 0. The summed E-state index contributed by atoms with van der Waals surface area (Å²) >= 11 is 2.16. The smallest absolute Gasteiger partial charge is 0.306 e. The summed E-state index contributed by atoms with van der Waals surface area (Å²) in [4.78, 5) is 10.8. The number of esters is 1. The lowest BCUT2D eigenvalue weighted by atomic mass is 10.3. The molecular formula is C7H13IO2. The molecule has 0 aromatic heterocycles. The summed E-state index contributed by atoms with van der Waals surface area (Å²) in [5.74, 6) is -0.0799. The maximum Gasteiger partial charge on any atom is 0.306 e. The van der Waals surface area contributed by atoms with Gasteiger partial charge >= 0.3 is 5.97 Å². The van der Waals surface area contributed by atoms with Gasteiger partial charge in [-0.1, -0.05) is 29.5 Å². The first-order valence-corrected chi connectivity index (χ1v) is 4.98. The molecule has 3 heteroatoms. The van der Waals surface area contributed by atoms with Gasteiger partial charge in [0.1, 0.15) is 0 Å². The van der Waals surface area contributed by atoms with Gasteiger partial charge < -0.3 is 4.74 Å². The predicted octanol–water partition coefficient (Wildman–Crippen LogP) is 2.15. The van der Waals surface area contributed by atoms with Crippen molar-refractivity contribution in [3.8, 4) is 0 Å². The average Bonchev–Trinajstić information content (AvgIpc) is 1.88. The second-order valence-corrected chi connectivity index (χ2v) is 3.23. The molecule has 2 nitrogen and oxygen atoms in total. The molecule has 10 heavy (non-hydrogen) atoms. The van der Waals surface area contributed by atoms with Gasteiger partial charge in [-0.05, 0) is 13.3 Å². The van der Waals surface area contributed by atoms with Crippen molar-refractivity contribution < 1.29 is 9.53 Å². The van der Waals surface area contributed by atoms with Crippen LogP contribution >= 0.6 is 22.6 Å². The average molecular weight is 256 g/mol. The lowest BCUT2D eigenvalue weighted by molar-refractivity contribution is -0.147. The van der Waals surface area contributed by atoms with Crippen molar-refractivity contribution in [3.05, 3.63) is 0 Å². The van der Waals surface area contributed by atoms with Crippen LogP contribution in [0, 0.1) is 0 Å². The van der Waals surface area contributed by atoms with Crippen molar-refractivity contribution in [1.82, 2.24) is 0 Å². The summed E-state index contributed by atoms with van der Waals surface area (Å²) < 4.78 is 5.84. The Morgan fingerprint density at radius 3 is 2.70 bits per heavy atom. The molecule has 0 aliphatic rings. The minimum atomic E-state index is -0.0799. The number of ether oxygens (including phenoxy) is 1. The third-order valence-electron chi connectivity index (χ3n) is 1.21. The van der Waals surface area contributed by atoms with Crippen molar-refractivity contribution in [1.29, 1.82) is 0 Å². The molecule has 0 aromatic rings. The van der Waals surface area contributed by atoms with Gasteiger partial charge in [-0.25, -0.2) is 0 Å². The fourth-order valence-electron chi connectivity index (χ4n) is 0.444. The number of rotatable bonds is 4. The fourth-order valence-corrected chi connectivity index (χ4v) is 0.884. The molecule has 0 saturated heterocycles. The molecule has 0 spiro atoms. The van der Waals surface area contributed by atoms with Crippen LogP contribution in [0.25, 0.3) is 0 Å². The summed E-state index contributed by atoms with van der Waals surface area (Å²) in [6.07, 6.45) is 1.51. The van der Waals surface area contributed by atoms with Crippen LogP contribution in [0.5, 0.6) is 0 Å². The minimum Gasteiger partial charge on any atom is -0.463 e. The molecule has 0 aliphatic carbocycles. The van der Waals surface area contributed by atoms with Crippen LogP contribution in [0.15, 0.2) is 0 Å². The van der Waals surface area contributed by atoms with E-state index in [9.17, 15) is 4.79 Å². The van der Waals surface area contributed by atoms with E-state index in [0.717, 1.165) is 10.8 Å². The van der Waals surface area contributed by atoms with Gasteiger partial charge in [0.05, 0.1) is 12.5 Å². The molecular weight excluding hydrogens is 243 g/mol. The highest BCUT2D eigenvalue weighted by molar-refractivity contribution is 14.1. The first-order valence-electron chi connectivity index (χ1n) is 3.46. The Morgan fingerprint density at radius 1 is 1.70 bits per heavy atom. The molecule has 0 aromatic carbocycles. The monoisotopic (exact) mass is 256 g/mol. The first-order chi connectivity index (χ1) is 4.70. The second kappa shape index (κ2) is 5.95. The molecule has 0 rings (SSSR count). The Kier molecular flexibility index (Phi) is 6.06. The van der Waals surface area contributed by atoms with Gasteiger partial charge in [-0.3, -0.25) is 4.79 Å². The Bertz CT molecular complexity index is 104. The van der Waals surface area contributed by atoms with E-state index in [1.54, 1.807) is 0 Å². The Morgan fingerprint density at radius 2 is 2.30 bits per heavy atom.